The molecule has 1 aromatic heterocycles. The zero-order valence-electron chi connectivity index (χ0n) is 13.6. The van der Waals surface area contributed by atoms with Crippen LogP contribution in [0.2, 0.25) is 0 Å². The number of aromatic nitrogens is 1. The van der Waals surface area contributed by atoms with Crippen molar-refractivity contribution in [1.29, 1.82) is 0 Å². The van der Waals surface area contributed by atoms with Crippen molar-refractivity contribution >= 4 is 21.8 Å². The number of anilines is 1. The molecule has 0 aliphatic rings. The van der Waals surface area contributed by atoms with Crippen LogP contribution in [0, 0.1) is 0 Å². The highest BCUT2D eigenvalue weighted by molar-refractivity contribution is 7.92. The molecule has 134 valence electrons. The van der Waals surface area contributed by atoms with Crippen LogP contribution in [0.5, 0.6) is 0 Å². The van der Waals surface area contributed by atoms with Crippen molar-refractivity contribution in [2.75, 3.05) is 4.72 Å². The maximum atomic E-state index is 12.6. The number of aliphatic carboxylic acids is 1. The number of nitrogens with one attached hydrogen (secondary N) is 1. The summed E-state index contributed by atoms with van der Waals surface area (Å²) in [7, 11) is -3.85. The molecule has 3 aromatic rings. The summed E-state index contributed by atoms with van der Waals surface area (Å²) in [5.41, 5.74) is 0.632. The quantitative estimate of drug-likeness (QED) is 0.659. The van der Waals surface area contributed by atoms with Gasteiger partial charge in [-0.15, -0.1) is 0 Å². The van der Waals surface area contributed by atoms with Crippen molar-refractivity contribution < 1.29 is 22.7 Å². The molecule has 7 nitrogen and oxygen atoms in total. The number of aryl methyl sites for hydroxylation is 1. The lowest BCUT2D eigenvalue weighted by Gasteiger charge is -2.06. The second kappa shape index (κ2) is 7.40. The molecule has 2 aromatic carbocycles. The molecule has 0 spiro atoms. The first-order valence-corrected chi connectivity index (χ1v) is 9.29. The predicted octanol–water partition coefficient (Wildman–Crippen LogP) is 3.16. The highest BCUT2D eigenvalue weighted by Crippen LogP contribution is 2.30. The van der Waals surface area contributed by atoms with Crippen LogP contribution in [0.1, 0.15) is 12.3 Å². The van der Waals surface area contributed by atoms with Crippen LogP contribution in [0.25, 0.3) is 11.3 Å². The van der Waals surface area contributed by atoms with E-state index in [2.05, 4.69) is 9.71 Å². The van der Waals surface area contributed by atoms with E-state index in [0.717, 1.165) is 0 Å². The van der Waals surface area contributed by atoms with Gasteiger partial charge >= 0.3 is 5.97 Å². The second-order valence-corrected chi connectivity index (χ2v) is 7.15. The van der Waals surface area contributed by atoms with Crippen LogP contribution in [-0.4, -0.2) is 24.5 Å². The highest BCUT2D eigenvalue weighted by atomic mass is 32.2. The minimum absolute atomic E-state index is 0.0282. The van der Waals surface area contributed by atoms with Crippen molar-refractivity contribution in [3.8, 4) is 11.3 Å². The molecule has 0 aliphatic carbocycles. The van der Waals surface area contributed by atoms with E-state index in [0.29, 0.717) is 5.56 Å². The lowest BCUT2D eigenvalue weighted by atomic mass is 10.2. The number of oxazole rings is 1. The van der Waals surface area contributed by atoms with E-state index >= 15 is 0 Å². The minimum atomic E-state index is -3.85. The molecule has 0 saturated heterocycles. The fourth-order valence-corrected chi connectivity index (χ4v) is 3.35. The van der Waals surface area contributed by atoms with Crippen LogP contribution >= 0.6 is 0 Å². The Kier molecular flexibility index (Phi) is 5.04. The number of rotatable bonds is 7. The summed E-state index contributed by atoms with van der Waals surface area (Å²) in [4.78, 5) is 15.0. The van der Waals surface area contributed by atoms with Crippen molar-refractivity contribution in [2.24, 2.45) is 0 Å². The molecule has 0 unspecified atom stereocenters. The van der Waals surface area contributed by atoms with Crippen molar-refractivity contribution in [1.82, 2.24) is 4.98 Å². The van der Waals surface area contributed by atoms with E-state index in [1.165, 1.54) is 12.1 Å². The van der Waals surface area contributed by atoms with Gasteiger partial charge in [-0.2, -0.15) is 4.98 Å². The molecule has 0 fully saturated rings. The van der Waals surface area contributed by atoms with Crippen LogP contribution in [-0.2, 0) is 21.2 Å². The lowest BCUT2D eigenvalue weighted by Crippen LogP contribution is -2.13. The van der Waals surface area contributed by atoms with Gasteiger partial charge in [0, 0.05) is 12.0 Å². The van der Waals surface area contributed by atoms with Crippen LogP contribution in [0.4, 0.5) is 5.82 Å². The Balaban J connectivity index is 1.98. The van der Waals surface area contributed by atoms with Gasteiger partial charge in [-0.05, 0) is 12.1 Å². The summed E-state index contributed by atoms with van der Waals surface area (Å²) in [6.07, 6.45) is -0.109. The summed E-state index contributed by atoms with van der Waals surface area (Å²) in [6.45, 7) is 0. The third-order valence-electron chi connectivity index (χ3n) is 3.54. The number of carboxylic acid groups (broad SMARTS) is 1. The number of benzene rings is 2. The number of sulfonamides is 1. The average molecular weight is 372 g/mol. The molecule has 0 bridgehead atoms. The van der Waals surface area contributed by atoms with Gasteiger partial charge in [-0.3, -0.25) is 9.52 Å². The molecule has 0 atom stereocenters. The number of hydrogen-bond donors (Lipinski definition) is 2. The molecule has 2 N–H and O–H groups in total. The molecule has 3 rings (SSSR count). The van der Waals surface area contributed by atoms with Gasteiger partial charge in [0.25, 0.3) is 10.0 Å². The first-order chi connectivity index (χ1) is 12.5. The molecule has 26 heavy (non-hydrogen) atoms. The monoisotopic (exact) mass is 372 g/mol. The molecule has 8 heteroatoms. The summed E-state index contributed by atoms with van der Waals surface area (Å²) in [6, 6.07) is 16.8. The molecule has 0 radical (unpaired) electrons. The van der Waals surface area contributed by atoms with Crippen molar-refractivity contribution in [2.45, 2.75) is 17.7 Å². The number of hydrogen-bond acceptors (Lipinski definition) is 5. The maximum absolute atomic E-state index is 12.6. The number of carboxylic acids is 1. The summed E-state index contributed by atoms with van der Waals surface area (Å²) >= 11 is 0. The third-order valence-corrected chi connectivity index (χ3v) is 4.90. The maximum Gasteiger partial charge on any atom is 0.303 e. The van der Waals surface area contributed by atoms with Gasteiger partial charge in [-0.25, -0.2) is 8.42 Å². The molecular weight excluding hydrogens is 356 g/mol. The first-order valence-electron chi connectivity index (χ1n) is 7.80. The topological polar surface area (TPSA) is 109 Å². The normalized spacial score (nSPS) is 11.2. The van der Waals surface area contributed by atoms with E-state index in [1.54, 1.807) is 42.5 Å². The SMILES string of the molecule is O=C(O)CCc1nc(NS(=O)(=O)c2ccccc2)c(-c2ccccc2)o1. The van der Waals surface area contributed by atoms with Crippen LogP contribution < -0.4 is 4.72 Å². The Labute approximate surface area is 150 Å². The fourth-order valence-electron chi connectivity index (χ4n) is 2.33. The Morgan fingerprint density at radius 2 is 1.65 bits per heavy atom. The summed E-state index contributed by atoms with van der Waals surface area (Å²) in [5.74, 6) is -0.571. The number of carbonyl (C=O) groups is 1. The summed E-state index contributed by atoms with van der Waals surface area (Å²) in [5, 5.41) is 8.82. The van der Waals surface area contributed by atoms with Crippen LogP contribution in [0.3, 0.4) is 0 Å². The van der Waals surface area contributed by atoms with Gasteiger partial charge in [0.1, 0.15) is 0 Å². The minimum Gasteiger partial charge on any atom is -0.481 e. The highest BCUT2D eigenvalue weighted by Gasteiger charge is 2.22. The van der Waals surface area contributed by atoms with Gasteiger partial charge in [0.15, 0.2) is 17.5 Å². The van der Waals surface area contributed by atoms with E-state index in [1.807, 2.05) is 6.07 Å². The Morgan fingerprint density at radius 1 is 1.04 bits per heavy atom. The van der Waals surface area contributed by atoms with E-state index < -0.39 is 16.0 Å². The molecule has 0 saturated carbocycles. The smallest absolute Gasteiger partial charge is 0.303 e. The lowest BCUT2D eigenvalue weighted by molar-refractivity contribution is -0.137. The second-order valence-electron chi connectivity index (χ2n) is 5.46. The van der Waals surface area contributed by atoms with E-state index in [-0.39, 0.29) is 35.2 Å². The standard InChI is InChI=1S/C18H16N2O5S/c21-16(22)12-11-15-19-18(17(25-15)13-7-3-1-4-8-13)20-26(23,24)14-9-5-2-6-10-14/h1-10,20H,11-12H2,(H,21,22). The number of nitrogens with zero attached hydrogens (tertiary/aromatic N) is 1. The van der Waals surface area contributed by atoms with Crippen molar-refractivity contribution in [3.63, 3.8) is 0 Å². The van der Waals surface area contributed by atoms with E-state index in [4.69, 9.17) is 9.52 Å². The average Bonchev–Trinajstić information content (AvgIpc) is 3.03. The molecule has 0 amide bonds. The zero-order valence-corrected chi connectivity index (χ0v) is 14.4. The molecule has 0 aliphatic heterocycles. The largest absolute Gasteiger partial charge is 0.481 e. The first kappa shape index (κ1) is 17.7. The Hall–Kier alpha value is -3.13. The zero-order chi connectivity index (χ0) is 18.6. The Bertz CT molecular complexity index is 999. The van der Waals surface area contributed by atoms with Gasteiger partial charge in [0.2, 0.25) is 0 Å². The molecular formula is C18H16N2O5S. The molecule has 1 heterocycles. The fraction of sp³-hybridized carbons (Fsp3) is 0.111. The Morgan fingerprint density at radius 3 is 2.27 bits per heavy atom. The van der Waals surface area contributed by atoms with Gasteiger partial charge in [0.05, 0.1) is 11.3 Å². The van der Waals surface area contributed by atoms with Gasteiger partial charge in [-0.1, -0.05) is 48.5 Å². The van der Waals surface area contributed by atoms with Gasteiger partial charge < -0.3 is 9.52 Å². The van der Waals surface area contributed by atoms with Crippen LogP contribution in [0.15, 0.2) is 70.0 Å². The third kappa shape index (κ3) is 4.09. The van der Waals surface area contributed by atoms with E-state index in [9.17, 15) is 13.2 Å². The summed E-state index contributed by atoms with van der Waals surface area (Å²) < 4.78 is 33.2. The predicted molar refractivity (Wildman–Crippen MR) is 95.1 cm³/mol. The van der Waals surface area contributed by atoms with Crippen molar-refractivity contribution in [3.05, 3.63) is 66.6 Å².